The molecule has 0 unspecified atom stereocenters. The van der Waals surface area contributed by atoms with Crippen LogP contribution in [0.4, 0.5) is 5.13 Å². The van der Waals surface area contributed by atoms with Gasteiger partial charge < -0.3 is 9.64 Å². The Hall–Kier alpha value is -1.71. The van der Waals surface area contributed by atoms with E-state index < -0.39 is 0 Å². The highest BCUT2D eigenvalue weighted by atomic mass is 127. The monoisotopic (exact) mass is 507 g/mol. The molecular formula is C21H22IN3O2S. The van der Waals surface area contributed by atoms with Gasteiger partial charge in [-0.15, -0.1) is 0 Å². The molecule has 1 aromatic heterocycles. The van der Waals surface area contributed by atoms with Crippen LogP contribution in [-0.2, 0) is 11.3 Å². The smallest absolute Gasteiger partial charge is 0.186 e. The summed E-state index contributed by atoms with van der Waals surface area (Å²) in [5.74, 6) is 0.768. The Kier molecular flexibility index (Phi) is 6.13. The number of carbonyl (C=O) groups is 1. The third kappa shape index (κ3) is 4.64. The van der Waals surface area contributed by atoms with Crippen LogP contribution in [0.5, 0.6) is 5.75 Å². The lowest BCUT2D eigenvalue weighted by Crippen LogP contribution is -2.45. The third-order valence-electron chi connectivity index (χ3n) is 4.82. The van der Waals surface area contributed by atoms with Crippen molar-refractivity contribution < 1.29 is 9.53 Å². The molecule has 0 amide bonds. The van der Waals surface area contributed by atoms with Gasteiger partial charge in [-0.2, -0.15) is 0 Å². The molecule has 1 saturated heterocycles. The lowest BCUT2D eigenvalue weighted by molar-refractivity contribution is -0.109. The molecule has 146 valence electrons. The minimum atomic E-state index is 0.1000. The number of piperazine rings is 1. The number of benzene rings is 2. The van der Waals surface area contributed by atoms with Gasteiger partial charge in [-0.05, 0) is 71.0 Å². The van der Waals surface area contributed by atoms with Crippen molar-refractivity contribution in [1.82, 2.24) is 9.88 Å². The lowest BCUT2D eigenvalue weighted by atomic mass is 10.1. The molecule has 3 aromatic rings. The highest BCUT2D eigenvalue weighted by molar-refractivity contribution is 14.1. The fourth-order valence-electron chi connectivity index (χ4n) is 3.51. The quantitative estimate of drug-likeness (QED) is 0.371. The summed E-state index contributed by atoms with van der Waals surface area (Å²) in [4.78, 5) is 20.2. The van der Waals surface area contributed by atoms with Crippen molar-refractivity contribution in [2.75, 3.05) is 37.7 Å². The molecule has 2 heterocycles. The largest absolute Gasteiger partial charge is 0.486 e. The van der Waals surface area contributed by atoms with E-state index >= 15 is 0 Å². The van der Waals surface area contributed by atoms with E-state index in [1.54, 1.807) is 11.3 Å². The molecule has 28 heavy (non-hydrogen) atoms. The normalized spacial score (nSPS) is 15.1. The molecule has 1 aliphatic heterocycles. The van der Waals surface area contributed by atoms with Crippen LogP contribution in [0, 0.1) is 10.5 Å². The van der Waals surface area contributed by atoms with Crippen LogP contribution in [-0.4, -0.2) is 49.0 Å². The fraction of sp³-hybridized carbons (Fsp3) is 0.333. The fourth-order valence-corrected chi connectivity index (χ4v) is 5.27. The molecule has 1 aliphatic rings. The van der Waals surface area contributed by atoms with Crippen molar-refractivity contribution >= 4 is 55.6 Å². The van der Waals surface area contributed by atoms with Crippen molar-refractivity contribution in [2.45, 2.75) is 13.5 Å². The van der Waals surface area contributed by atoms with E-state index in [9.17, 15) is 4.79 Å². The van der Waals surface area contributed by atoms with Gasteiger partial charge in [-0.3, -0.25) is 9.69 Å². The number of aryl methyl sites for hydroxylation is 1. The van der Waals surface area contributed by atoms with Crippen molar-refractivity contribution in [2.24, 2.45) is 0 Å². The Balaban J connectivity index is 1.38. The van der Waals surface area contributed by atoms with Gasteiger partial charge in [0.25, 0.3) is 0 Å². The molecule has 0 atom stereocenters. The Bertz CT molecular complexity index is 983. The zero-order valence-electron chi connectivity index (χ0n) is 15.7. The number of anilines is 1. The average Bonchev–Trinajstić information content (AvgIpc) is 3.09. The number of carbonyl (C=O) groups excluding carboxylic acids is 1. The number of thiazole rings is 1. The SMILES string of the molecule is Cc1cc(CN2CCN(c3nc4ccc(I)cc4s3)CC2)cc(OCC=O)c1. The van der Waals surface area contributed by atoms with Gasteiger partial charge in [0.2, 0.25) is 0 Å². The zero-order chi connectivity index (χ0) is 19.5. The molecule has 7 heteroatoms. The van der Waals surface area contributed by atoms with Crippen LogP contribution in [0.25, 0.3) is 10.2 Å². The Labute approximate surface area is 182 Å². The standard InChI is InChI=1S/C21H22IN3O2S/c1-15-10-16(12-18(11-15)27-9-8-26)14-24-4-6-25(7-5-24)21-23-19-3-2-17(22)13-20(19)28-21/h2-3,8,10-13H,4-7,9,14H2,1H3. The number of ether oxygens (including phenoxy) is 1. The van der Waals surface area contributed by atoms with Gasteiger partial charge in [-0.25, -0.2) is 4.98 Å². The number of nitrogens with zero attached hydrogens (tertiary/aromatic N) is 3. The predicted molar refractivity (Wildman–Crippen MR) is 123 cm³/mol. The van der Waals surface area contributed by atoms with Gasteiger partial charge in [0, 0.05) is 36.3 Å². The van der Waals surface area contributed by atoms with Gasteiger partial charge in [0.05, 0.1) is 10.2 Å². The van der Waals surface area contributed by atoms with Gasteiger partial charge in [-0.1, -0.05) is 17.4 Å². The molecular weight excluding hydrogens is 485 g/mol. The molecule has 0 spiro atoms. The maximum atomic E-state index is 10.5. The summed E-state index contributed by atoms with van der Waals surface area (Å²) in [6, 6.07) is 12.6. The second-order valence-corrected chi connectivity index (χ2v) is 9.26. The molecule has 1 fully saturated rings. The maximum Gasteiger partial charge on any atom is 0.186 e. The first-order valence-electron chi connectivity index (χ1n) is 9.31. The molecule has 0 bridgehead atoms. The van der Waals surface area contributed by atoms with E-state index in [2.05, 4.69) is 63.6 Å². The lowest BCUT2D eigenvalue weighted by Gasteiger charge is -2.34. The Morgan fingerprint density at radius 3 is 2.79 bits per heavy atom. The minimum Gasteiger partial charge on any atom is -0.486 e. The summed E-state index contributed by atoms with van der Waals surface area (Å²) in [6.07, 6.45) is 0.782. The molecule has 0 aliphatic carbocycles. The maximum absolute atomic E-state index is 10.5. The number of fused-ring (bicyclic) bond motifs is 1. The molecule has 4 rings (SSSR count). The van der Waals surface area contributed by atoms with Crippen LogP contribution in [0.3, 0.4) is 0 Å². The van der Waals surface area contributed by atoms with Crippen LogP contribution >= 0.6 is 33.9 Å². The van der Waals surface area contributed by atoms with E-state index in [-0.39, 0.29) is 6.61 Å². The summed E-state index contributed by atoms with van der Waals surface area (Å²) in [6.45, 7) is 7.03. The Morgan fingerprint density at radius 1 is 1.18 bits per heavy atom. The van der Waals surface area contributed by atoms with E-state index in [0.717, 1.165) is 61.0 Å². The van der Waals surface area contributed by atoms with E-state index in [1.165, 1.54) is 13.8 Å². The van der Waals surface area contributed by atoms with Crippen molar-refractivity contribution in [1.29, 1.82) is 0 Å². The number of rotatable bonds is 6. The summed E-state index contributed by atoms with van der Waals surface area (Å²) in [5, 5.41) is 1.12. The van der Waals surface area contributed by atoms with Crippen LogP contribution in [0.1, 0.15) is 11.1 Å². The van der Waals surface area contributed by atoms with E-state index in [4.69, 9.17) is 9.72 Å². The number of hydrogen-bond donors (Lipinski definition) is 0. The average molecular weight is 507 g/mol. The van der Waals surface area contributed by atoms with E-state index in [0.29, 0.717) is 0 Å². The molecule has 0 N–H and O–H groups in total. The number of aromatic nitrogens is 1. The molecule has 0 saturated carbocycles. The van der Waals surface area contributed by atoms with Crippen LogP contribution in [0.2, 0.25) is 0 Å². The second-order valence-electron chi connectivity index (χ2n) is 7.00. The topological polar surface area (TPSA) is 45.7 Å². The number of hydrogen-bond acceptors (Lipinski definition) is 6. The highest BCUT2D eigenvalue weighted by Crippen LogP contribution is 2.30. The van der Waals surface area contributed by atoms with Crippen molar-refractivity contribution in [3.05, 3.63) is 51.1 Å². The van der Waals surface area contributed by atoms with Crippen LogP contribution < -0.4 is 9.64 Å². The summed E-state index contributed by atoms with van der Waals surface area (Å²) < 4.78 is 7.98. The summed E-state index contributed by atoms with van der Waals surface area (Å²) >= 11 is 4.13. The van der Waals surface area contributed by atoms with Crippen molar-refractivity contribution in [3.63, 3.8) is 0 Å². The first-order valence-corrected chi connectivity index (χ1v) is 11.2. The zero-order valence-corrected chi connectivity index (χ0v) is 18.7. The highest BCUT2D eigenvalue weighted by Gasteiger charge is 2.20. The first kappa shape index (κ1) is 19.6. The molecule has 5 nitrogen and oxygen atoms in total. The number of halogens is 1. The first-order chi connectivity index (χ1) is 13.6. The van der Waals surface area contributed by atoms with Gasteiger partial charge in [0.15, 0.2) is 11.4 Å². The molecule has 0 radical (unpaired) electrons. The minimum absolute atomic E-state index is 0.1000. The third-order valence-corrected chi connectivity index (χ3v) is 6.57. The van der Waals surface area contributed by atoms with Crippen molar-refractivity contribution in [3.8, 4) is 5.75 Å². The summed E-state index contributed by atoms with van der Waals surface area (Å²) in [5.41, 5.74) is 3.47. The Morgan fingerprint density at radius 2 is 2.00 bits per heavy atom. The van der Waals surface area contributed by atoms with Gasteiger partial charge in [0.1, 0.15) is 12.4 Å². The van der Waals surface area contributed by atoms with Gasteiger partial charge >= 0.3 is 0 Å². The second kappa shape index (κ2) is 8.75. The number of aldehydes is 1. The van der Waals surface area contributed by atoms with Crippen LogP contribution in [0.15, 0.2) is 36.4 Å². The van der Waals surface area contributed by atoms with E-state index in [1.807, 2.05) is 12.1 Å². The summed E-state index contributed by atoms with van der Waals surface area (Å²) in [7, 11) is 0. The molecule has 2 aromatic carbocycles. The predicted octanol–water partition coefficient (Wildman–Crippen LogP) is 4.11.